The lowest BCUT2D eigenvalue weighted by molar-refractivity contribution is 0.121. The maximum atomic E-state index is 5.53. The molecular weight excluding hydrogens is 342 g/mol. The fourth-order valence-electron chi connectivity index (χ4n) is 4.12. The van der Waals surface area contributed by atoms with Gasteiger partial charge in [0.15, 0.2) is 0 Å². The molecule has 1 saturated carbocycles. The number of anilines is 1. The summed E-state index contributed by atoms with van der Waals surface area (Å²) in [6, 6.07) is 2.15. The van der Waals surface area contributed by atoms with Crippen molar-refractivity contribution < 1.29 is 9.26 Å². The highest BCUT2D eigenvalue weighted by molar-refractivity contribution is 5.83. The van der Waals surface area contributed by atoms with Crippen LogP contribution in [0.1, 0.15) is 30.7 Å². The van der Waals surface area contributed by atoms with Crippen LogP contribution < -0.4 is 4.90 Å². The molecule has 0 atom stereocenters. The van der Waals surface area contributed by atoms with Crippen molar-refractivity contribution in [3.05, 3.63) is 23.7 Å². The van der Waals surface area contributed by atoms with Gasteiger partial charge in [0.05, 0.1) is 41.9 Å². The van der Waals surface area contributed by atoms with Crippen molar-refractivity contribution in [3.8, 4) is 11.3 Å². The van der Waals surface area contributed by atoms with Crippen LogP contribution in [-0.2, 0) is 11.3 Å². The minimum absolute atomic E-state index is 0.748. The fourth-order valence-corrected chi connectivity index (χ4v) is 4.12. The van der Waals surface area contributed by atoms with Crippen LogP contribution in [0.2, 0.25) is 0 Å². The van der Waals surface area contributed by atoms with Crippen LogP contribution in [0.4, 0.5) is 5.95 Å². The van der Waals surface area contributed by atoms with Crippen LogP contribution in [0, 0.1) is 19.8 Å². The van der Waals surface area contributed by atoms with Crippen LogP contribution in [0.3, 0.4) is 0 Å². The third kappa shape index (κ3) is 2.90. The lowest BCUT2D eigenvalue weighted by Crippen LogP contribution is -2.38. The van der Waals surface area contributed by atoms with Crippen molar-refractivity contribution in [1.82, 2.24) is 19.7 Å². The second-order valence-corrected chi connectivity index (χ2v) is 7.68. The average molecular weight is 367 g/mol. The molecule has 1 aliphatic carbocycles. The summed E-state index contributed by atoms with van der Waals surface area (Å²) in [5.41, 5.74) is 4.86. The Morgan fingerprint density at radius 3 is 2.67 bits per heavy atom. The molecule has 7 nitrogen and oxygen atoms in total. The molecule has 3 aromatic rings. The second kappa shape index (κ2) is 6.64. The van der Waals surface area contributed by atoms with Crippen molar-refractivity contribution in [1.29, 1.82) is 0 Å². The highest BCUT2D eigenvalue weighted by atomic mass is 16.5. The molecule has 4 heterocycles. The largest absolute Gasteiger partial charge is 0.378 e. The number of rotatable bonds is 4. The fraction of sp³-hybridized carbons (Fsp3) is 0.550. The Balaban J connectivity index is 1.62. The molecule has 1 aliphatic heterocycles. The molecule has 142 valence electrons. The first-order chi connectivity index (χ1) is 13.2. The van der Waals surface area contributed by atoms with Gasteiger partial charge >= 0.3 is 0 Å². The predicted octanol–water partition coefficient (Wildman–Crippen LogP) is 3.34. The molecule has 27 heavy (non-hydrogen) atoms. The SMILES string of the molecule is Cc1noc(C)c1-c1cc2c(cn1)nc(N1CCOCC1)n2CC1CCC1. The van der Waals surface area contributed by atoms with Gasteiger partial charge in [0.1, 0.15) is 11.3 Å². The Morgan fingerprint density at radius 2 is 2.00 bits per heavy atom. The zero-order valence-corrected chi connectivity index (χ0v) is 15.9. The monoisotopic (exact) mass is 367 g/mol. The molecule has 3 aromatic heterocycles. The van der Waals surface area contributed by atoms with E-state index in [9.17, 15) is 0 Å². The Morgan fingerprint density at radius 1 is 1.19 bits per heavy atom. The van der Waals surface area contributed by atoms with Gasteiger partial charge in [-0.2, -0.15) is 0 Å². The average Bonchev–Trinajstić information content (AvgIpc) is 3.18. The summed E-state index contributed by atoms with van der Waals surface area (Å²) < 4.78 is 13.3. The number of aryl methyl sites for hydroxylation is 2. The number of aromatic nitrogens is 4. The van der Waals surface area contributed by atoms with E-state index >= 15 is 0 Å². The van der Waals surface area contributed by atoms with Gasteiger partial charge < -0.3 is 18.7 Å². The molecule has 0 spiro atoms. The normalized spacial score (nSPS) is 18.2. The van der Waals surface area contributed by atoms with E-state index in [0.717, 1.165) is 78.5 Å². The Bertz CT molecular complexity index is 947. The van der Waals surface area contributed by atoms with Crippen LogP contribution >= 0.6 is 0 Å². The number of ether oxygens (including phenoxy) is 1. The molecule has 0 aromatic carbocycles. The van der Waals surface area contributed by atoms with Crippen molar-refractivity contribution in [2.24, 2.45) is 5.92 Å². The molecule has 0 bridgehead atoms. The van der Waals surface area contributed by atoms with Crippen LogP contribution in [0.15, 0.2) is 16.8 Å². The van der Waals surface area contributed by atoms with Crippen LogP contribution in [0.5, 0.6) is 0 Å². The quantitative estimate of drug-likeness (QED) is 0.704. The third-order valence-electron chi connectivity index (χ3n) is 5.86. The number of fused-ring (bicyclic) bond motifs is 1. The molecule has 5 rings (SSSR count). The summed E-state index contributed by atoms with van der Waals surface area (Å²) >= 11 is 0. The Hall–Kier alpha value is -2.41. The van der Waals surface area contributed by atoms with Gasteiger partial charge in [-0.1, -0.05) is 11.6 Å². The van der Waals surface area contributed by atoms with Crippen molar-refractivity contribution in [2.75, 3.05) is 31.2 Å². The summed E-state index contributed by atoms with van der Waals surface area (Å²) in [7, 11) is 0. The predicted molar refractivity (Wildman–Crippen MR) is 103 cm³/mol. The van der Waals surface area contributed by atoms with E-state index in [2.05, 4.69) is 25.7 Å². The number of pyridine rings is 1. The first-order valence-electron chi connectivity index (χ1n) is 9.83. The van der Waals surface area contributed by atoms with Gasteiger partial charge in [0.25, 0.3) is 0 Å². The van der Waals surface area contributed by atoms with Gasteiger partial charge in [0, 0.05) is 19.6 Å². The minimum atomic E-state index is 0.748. The van der Waals surface area contributed by atoms with Gasteiger partial charge in [0.2, 0.25) is 5.95 Å². The first kappa shape index (κ1) is 16.7. The Labute approximate surface area is 158 Å². The maximum absolute atomic E-state index is 5.53. The zero-order valence-electron chi connectivity index (χ0n) is 15.9. The van der Waals surface area contributed by atoms with Crippen LogP contribution in [-0.4, -0.2) is 46.0 Å². The molecular formula is C20H25N5O2. The molecule has 0 radical (unpaired) electrons. The lowest BCUT2D eigenvalue weighted by Gasteiger charge is -2.31. The summed E-state index contributed by atoms with van der Waals surface area (Å²) in [5.74, 6) is 2.61. The van der Waals surface area contributed by atoms with E-state index in [0.29, 0.717) is 0 Å². The standard InChI is InChI=1S/C20H25N5O2/c1-13-19(14(2)27-23-13)16-10-18-17(11-21-16)22-20(24-6-8-26-9-7-24)25(18)12-15-4-3-5-15/h10-11,15H,3-9,12H2,1-2H3. The van der Waals surface area contributed by atoms with E-state index in [4.69, 9.17) is 14.2 Å². The number of hydrogen-bond donors (Lipinski definition) is 0. The first-order valence-corrected chi connectivity index (χ1v) is 9.83. The molecule has 7 heteroatoms. The summed E-state index contributed by atoms with van der Waals surface area (Å²) in [6.07, 6.45) is 5.85. The highest BCUT2D eigenvalue weighted by Crippen LogP contribution is 2.34. The van der Waals surface area contributed by atoms with E-state index in [1.54, 1.807) is 0 Å². The van der Waals surface area contributed by atoms with E-state index in [1.807, 2.05) is 20.0 Å². The smallest absolute Gasteiger partial charge is 0.206 e. The maximum Gasteiger partial charge on any atom is 0.206 e. The molecule has 0 unspecified atom stereocenters. The highest BCUT2D eigenvalue weighted by Gasteiger charge is 2.25. The van der Waals surface area contributed by atoms with Crippen molar-refractivity contribution in [2.45, 2.75) is 39.7 Å². The number of morpholine rings is 1. The molecule has 0 N–H and O–H groups in total. The molecule has 2 fully saturated rings. The van der Waals surface area contributed by atoms with E-state index in [1.165, 1.54) is 19.3 Å². The van der Waals surface area contributed by atoms with Gasteiger partial charge in [-0.05, 0) is 38.7 Å². The van der Waals surface area contributed by atoms with Crippen LogP contribution in [0.25, 0.3) is 22.3 Å². The number of hydrogen-bond acceptors (Lipinski definition) is 6. The van der Waals surface area contributed by atoms with Gasteiger partial charge in [-0.3, -0.25) is 4.98 Å². The van der Waals surface area contributed by atoms with Crippen molar-refractivity contribution >= 4 is 17.0 Å². The topological polar surface area (TPSA) is 69.2 Å². The minimum Gasteiger partial charge on any atom is -0.378 e. The number of nitrogens with zero attached hydrogens (tertiary/aromatic N) is 5. The summed E-state index contributed by atoms with van der Waals surface area (Å²) in [6.45, 7) is 8.21. The second-order valence-electron chi connectivity index (χ2n) is 7.68. The van der Waals surface area contributed by atoms with Crippen molar-refractivity contribution in [3.63, 3.8) is 0 Å². The molecule has 0 amide bonds. The third-order valence-corrected chi connectivity index (χ3v) is 5.86. The van der Waals surface area contributed by atoms with Gasteiger partial charge in [-0.25, -0.2) is 4.98 Å². The van der Waals surface area contributed by atoms with E-state index in [-0.39, 0.29) is 0 Å². The number of imidazole rings is 1. The van der Waals surface area contributed by atoms with E-state index < -0.39 is 0 Å². The summed E-state index contributed by atoms with van der Waals surface area (Å²) in [5, 5.41) is 4.08. The molecule has 2 aliphatic rings. The summed E-state index contributed by atoms with van der Waals surface area (Å²) in [4.78, 5) is 12.0. The molecule has 1 saturated heterocycles. The lowest BCUT2D eigenvalue weighted by atomic mass is 9.85. The Kier molecular flexibility index (Phi) is 4.11. The zero-order chi connectivity index (χ0) is 18.4. The van der Waals surface area contributed by atoms with Gasteiger partial charge in [-0.15, -0.1) is 0 Å².